The second kappa shape index (κ2) is 7.08. The third-order valence-electron chi connectivity index (χ3n) is 4.29. The van der Waals surface area contributed by atoms with Crippen molar-refractivity contribution in [2.45, 2.75) is 32.6 Å². The summed E-state index contributed by atoms with van der Waals surface area (Å²) in [5.41, 5.74) is 2.12. The quantitative estimate of drug-likeness (QED) is 0.460. The summed E-state index contributed by atoms with van der Waals surface area (Å²) < 4.78 is 41.1. The van der Waals surface area contributed by atoms with Gasteiger partial charge in [-0.3, -0.25) is 0 Å². The number of aryl methyl sites for hydroxylation is 1. The van der Waals surface area contributed by atoms with Crippen LogP contribution in [0.3, 0.4) is 0 Å². The third kappa shape index (κ3) is 3.45. The molecule has 124 valence electrons. The summed E-state index contributed by atoms with van der Waals surface area (Å²) in [6.45, 7) is 2.14. The molecule has 0 aliphatic heterocycles. The van der Waals surface area contributed by atoms with E-state index in [-0.39, 0.29) is 5.82 Å². The Bertz CT molecular complexity index is 868. The lowest BCUT2D eigenvalue weighted by Crippen LogP contribution is -1.91. The molecule has 0 radical (unpaired) electrons. The number of hydrogen-bond acceptors (Lipinski definition) is 0. The molecule has 0 saturated heterocycles. The van der Waals surface area contributed by atoms with Crippen molar-refractivity contribution in [3.05, 3.63) is 71.5 Å². The Morgan fingerprint density at radius 2 is 1.46 bits per heavy atom. The third-order valence-corrected chi connectivity index (χ3v) is 4.29. The molecule has 0 amide bonds. The van der Waals surface area contributed by atoms with Crippen LogP contribution in [-0.2, 0) is 6.42 Å². The van der Waals surface area contributed by atoms with Crippen molar-refractivity contribution in [1.82, 2.24) is 0 Å². The summed E-state index contributed by atoms with van der Waals surface area (Å²) in [6, 6.07) is 12.7. The maximum Gasteiger partial charge on any atom is 0.159 e. The minimum atomic E-state index is -0.897. The lowest BCUT2D eigenvalue weighted by atomic mass is 9.98. The van der Waals surface area contributed by atoms with E-state index in [2.05, 4.69) is 6.92 Å². The standard InChI is InChI=1S/C21H19F3/c1-2-3-4-5-14-6-9-18(19(22)10-14)16-8-7-15-12-20(23)21(24)13-17(15)11-16/h6-13H,2-5H2,1H3. The second-order valence-corrected chi connectivity index (χ2v) is 6.10. The van der Waals surface area contributed by atoms with Crippen molar-refractivity contribution in [2.24, 2.45) is 0 Å². The van der Waals surface area contributed by atoms with Gasteiger partial charge in [-0.2, -0.15) is 0 Å². The SMILES string of the molecule is CCCCCc1ccc(-c2ccc3cc(F)c(F)cc3c2)c(F)c1. The van der Waals surface area contributed by atoms with Crippen molar-refractivity contribution in [1.29, 1.82) is 0 Å². The van der Waals surface area contributed by atoms with Crippen LogP contribution in [0.25, 0.3) is 21.9 Å². The Hall–Kier alpha value is -2.29. The zero-order chi connectivity index (χ0) is 17.1. The van der Waals surface area contributed by atoms with Gasteiger partial charge in [0.15, 0.2) is 11.6 Å². The maximum atomic E-state index is 14.5. The van der Waals surface area contributed by atoms with Crippen molar-refractivity contribution in [2.75, 3.05) is 0 Å². The lowest BCUT2D eigenvalue weighted by molar-refractivity contribution is 0.511. The fraction of sp³-hybridized carbons (Fsp3) is 0.238. The van der Waals surface area contributed by atoms with Crippen molar-refractivity contribution in [3.8, 4) is 11.1 Å². The highest BCUT2D eigenvalue weighted by atomic mass is 19.2. The van der Waals surface area contributed by atoms with Gasteiger partial charge in [-0.05, 0) is 59.0 Å². The number of fused-ring (bicyclic) bond motifs is 1. The van der Waals surface area contributed by atoms with E-state index in [0.29, 0.717) is 21.9 Å². The molecule has 0 aliphatic rings. The predicted octanol–water partition coefficient (Wildman–Crippen LogP) is 6.66. The van der Waals surface area contributed by atoms with Gasteiger partial charge in [0.05, 0.1) is 0 Å². The van der Waals surface area contributed by atoms with E-state index in [4.69, 9.17) is 0 Å². The van der Waals surface area contributed by atoms with Crippen LogP contribution in [0.1, 0.15) is 31.7 Å². The fourth-order valence-corrected chi connectivity index (χ4v) is 2.94. The van der Waals surface area contributed by atoms with Gasteiger partial charge in [-0.1, -0.05) is 44.0 Å². The zero-order valence-electron chi connectivity index (χ0n) is 13.6. The molecule has 0 N–H and O–H groups in total. The molecule has 0 aliphatic carbocycles. The van der Waals surface area contributed by atoms with Gasteiger partial charge in [0.2, 0.25) is 0 Å². The van der Waals surface area contributed by atoms with Crippen LogP contribution in [0.2, 0.25) is 0 Å². The number of hydrogen-bond donors (Lipinski definition) is 0. The monoisotopic (exact) mass is 328 g/mol. The normalized spacial score (nSPS) is 11.2. The predicted molar refractivity (Wildman–Crippen MR) is 92.5 cm³/mol. The Kier molecular flexibility index (Phi) is 4.89. The van der Waals surface area contributed by atoms with Crippen molar-refractivity contribution < 1.29 is 13.2 Å². The summed E-state index contributed by atoms with van der Waals surface area (Å²) in [5.74, 6) is -2.06. The smallest absolute Gasteiger partial charge is 0.159 e. The van der Waals surface area contributed by atoms with Crippen molar-refractivity contribution in [3.63, 3.8) is 0 Å². The van der Waals surface area contributed by atoms with E-state index in [0.717, 1.165) is 43.4 Å². The largest absolute Gasteiger partial charge is 0.206 e. The van der Waals surface area contributed by atoms with Gasteiger partial charge in [0, 0.05) is 5.56 Å². The van der Waals surface area contributed by atoms with Crippen LogP contribution in [0.15, 0.2) is 48.5 Å². The Balaban J connectivity index is 1.93. The Morgan fingerprint density at radius 3 is 2.17 bits per heavy atom. The molecule has 3 heteroatoms. The van der Waals surface area contributed by atoms with Gasteiger partial charge in [-0.25, -0.2) is 13.2 Å². The minimum Gasteiger partial charge on any atom is -0.206 e. The first kappa shape index (κ1) is 16.6. The number of unbranched alkanes of at least 4 members (excludes halogenated alkanes) is 2. The molecule has 0 saturated carbocycles. The van der Waals surface area contributed by atoms with E-state index in [1.807, 2.05) is 6.07 Å². The molecule has 3 aromatic rings. The topological polar surface area (TPSA) is 0 Å². The van der Waals surface area contributed by atoms with E-state index >= 15 is 0 Å². The van der Waals surface area contributed by atoms with E-state index in [1.165, 1.54) is 0 Å². The average Bonchev–Trinajstić information content (AvgIpc) is 2.56. The van der Waals surface area contributed by atoms with E-state index < -0.39 is 11.6 Å². The molecule has 0 atom stereocenters. The van der Waals surface area contributed by atoms with Crippen LogP contribution >= 0.6 is 0 Å². The minimum absolute atomic E-state index is 0.286. The molecule has 3 rings (SSSR count). The van der Waals surface area contributed by atoms with Gasteiger partial charge in [-0.15, -0.1) is 0 Å². The molecule has 0 unspecified atom stereocenters. The highest BCUT2D eigenvalue weighted by Gasteiger charge is 2.09. The Labute approximate surface area is 139 Å². The molecule has 0 spiro atoms. The fourth-order valence-electron chi connectivity index (χ4n) is 2.94. The van der Waals surface area contributed by atoms with Gasteiger partial charge in [0.1, 0.15) is 5.82 Å². The average molecular weight is 328 g/mol. The summed E-state index contributed by atoms with van der Waals surface area (Å²) in [4.78, 5) is 0. The summed E-state index contributed by atoms with van der Waals surface area (Å²) in [5, 5.41) is 1.15. The number of rotatable bonds is 5. The summed E-state index contributed by atoms with van der Waals surface area (Å²) in [7, 11) is 0. The highest BCUT2D eigenvalue weighted by molar-refractivity contribution is 5.87. The number of halogens is 3. The van der Waals surface area contributed by atoms with Gasteiger partial charge >= 0.3 is 0 Å². The van der Waals surface area contributed by atoms with Crippen LogP contribution < -0.4 is 0 Å². The summed E-state index contributed by atoms with van der Waals surface area (Å²) >= 11 is 0. The van der Waals surface area contributed by atoms with Crippen LogP contribution in [0.5, 0.6) is 0 Å². The molecule has 0 fully saturated rings. The molecular formula is C21H19F3. The zero-order valence-corrected chi connectivity index (χ0v) is 13.6. The summed E-state index contributed by atoms with van der Waals surface area (Å²) in [6.07, 6.45) is 4.19. The number of benzene rings is 3. The van der Waals surface area contributed by atoms with E-state index in [9.17, 15) is 13.2 Å². The molecule has 24 heavy (non-hydrogen) atoms. The first-order chi connectivity index (χ1) is 11.6. The molecular weight excluding hydrogens is 309 g/mol. The molecule has 0 bridgehead atoms. The molecule has 0 heterocycles. The lowest BCUT2D eigenvalue weighted by Gasteiger charge is -2.08. The molecule has 0 aromatic heterocycles. The van der Waals surface area contributed by atoms with Crippen molar-refractivity contribution >= 4 is 10.8 Å². The first-order valence-corrected chi connectivity index (χ1v) is 8.26. The Morgan fingerprint density at radius 1 is 0.708 bits per heavy atom. The van der Waals surface area contributed by atoms with Crippen LogP contribution in [0, 0.1) is 17.5 Å². The van der Waals surface area contributed by atoms with Gasteiger partial charge in [0.25, 0.3) is 0 Å². The second-order valence-electron chi connectivity index (χ2n) is 6.10. The molecule has 3 aromatic carbocycles. The maximum absolute atomic E-state index is 14.5. The molecule has 0 nitrogen and oxygen atoms in total. The van der Waals surface area contributed by atoms with E-state index in [1.54, 1.807) is 30.3 Å². The highest BCUT2D eigenvalue weighted by Crippen LogP contribution is 2.28. The van der Waals surface area contributed by atoms with Crippen LogP contribution in [-0.4, -0.2) is 0 Å². The van der Waals surface area contributed by atoms with Gasteiger partial charge < -0.3 is 0 Å². The first-order valence-electron chi connectivity index (χ1n) is 8.26. The van der Waals surface area contributed by atoms with Crippen LogP contribution in [0.4, 0.5) is 13.2 Å².